The SMILES string of the molecule is CC(=O)N[C@H](C(=O)NCC(=O)N[C@@H](CCCCNC(=O)c1ccccc1N)C(=O)NCC(=O)N[C@H](C(N)=O)[C@@H](C)O[C@H]1O[C@H](CO[C@H]2O[C@H](COP(=O)(O)O)[C@@H](O)[C@H](O)[C@@H]2O)[C@@H](O)[C@H](O)[C@@H]1O)[C@@H](C)O[C@H]1O[C@H](CO[C@H]2O[C@H](COP(=O)(O)O)[C@@H](O)[C@H](O)[C@@H]2O)[C@@H](O)[C@H](O)[C@@H]1O. The maximum absolute atomic E-state index is 13.8. The van der Waals surface area contributed by atoms with E-state index in [0.717, 1.165) is 13.8 Å². The van der Waals surface area contributed by atoms with Crippen LogP contribution in [0, 0.1) is 0 Å². The molecule has 0 aliphatic carbocycles. The average molecular weight is 1430 g/mol. The Morgan fingerprint density at radius 1 is 0.510 bits per heavy atom. The number of amides is 7. The highest BCUT2D eigenvalue weighted by Crippen LogP contribution is 2.39. The van der Waals surface area contributed by atoms with E-state index in [-0.39, 0.29) is 37.1 Å². The first kappa shape index (κ1) is 81.4. The van der Waals surface area contributed by atoms with E-state index in [1.54, 1.807) is 12.1 Å². The number of primary amides is 1. The maximum atomic E-state index is 13.8. The molecule has 43 nitrogen and oxygen atoms in total. The lowest BCUT2D eigenvalue weighted by atomic mass is 9.98. The van der Waals surface area contributed by atoms with Crippen molar-refractivity contribution in [2.24, 2.45) is 5.73 Å². The van der Waals surface area contributed by atoms with E-state index in [1.165, 1.54) is 19.1 Å². The summed E-state index contributed by atoms with van der Waals surface area (Å²) in [6.45, 7) is -2.26. The Kier molecular flexibility index (Phi) is 31.1. The number of phosphoric acid groups is 2. The van der Waals surface area contributed by atoms with E-state index >= 15 is 0 Å². The summed E-state index contributed by atoms with van der Waals surface area (Å²) in [7, 11) is -10.2. The average Bonchev–Trinajstić information content (AvgIpc) is 0.820. The number of hydrogen-bond donors (Lipinski definition) is 24. The van der Waals surface area contributed by atoms with Crippen molar-refractivity contribution in [3.63, 3.8) is 0 Å². The van der Waals surface area contributed by atoms with Crippen LogP contribution in [0.5, 0.6) is 0 Å². The minimum atomic E-state index is -5.12. The molecule has 548 valence electrons. The van der Waals surface area contributed by atoms with Crippen LogP contribution >= 0.6 is 15.6 Å². The van der Waals surface area contributed by atoms with Crippen molar-refractivity contribution >= 4 is 62.7 Å². The third-order valence-electron chi connectivity index (χ3n) is 15.1. The van der Waals surface area contributed by atoms with Gasteiger partial charge in [0.15, 0.2) is 25.2 Å². The Balaban J connectivity index is 1.20. The monoisotopic (exact) mass is 1430 g/mol. The van der Waals surface area contributed by atoms with Gasteiger partial charge in [-0.15, -0.1) is 0 Å². The van der Waals surface area contributed by atoms with Crippen molar-refractivity contribution in [2.45, 2.75) is 193 Å². The van der Waals surface area contributed by atoms with Crippen molar-refractivity contribution < 1.29 is 170 Å². The zero-order valence-corrected chi connectivity index (χ0v) is 53.1. The summed E-state index contributed by atoms with van der Waals surface area (Å²) < 4.78 is 75.0. The quantitative estimate of drug-likeness (QED) is 0.0173. The molecule has 1 aromatic carbocycles. The summed E-state index contributed by atoms with van der Waals surface area (Å²) in [6, 6.07) is 1.08. The standard InChI is InChI=1S/C51H84N8O35P2/c1-18(89-50-42(73)38(69)32(63)24(93-50)14-85-48-40(71)36(67)34(65)26(91-48)16-87-95(79,80)81)30(44(53)75)59-29(62)13-55-46(77)23(10-6-7-11-54-45(76)21-8-4-5-9-22(21)52)58-28(61)12-56-47(78)31(57-20(3)60)19(2)90-51-43(74)39(70)33(64)25(94-51)15-86-49-41(72)37(68)35(66)27(92-49)17-88-96(82,83)84/h4-5,8-9,18-19,23-27,30-43,48-51,63-74H,6-7,10-17,52H2,1-3H3,(H2,53,75)(H,54,76)(H,55,77)(H,56,78)(H,57,60)(H,58,61)(H,59,62)(H2,79,80,81)(H2,82,83,84)/t18-,19-,23+,24-,25-,26-,27-,30+,31+,32-,33-,34-,35-,36+,37+,38+,39+,40+,41+,42+,43+,48+,49+,50+,51+/m1/s1. The zero-order valence-electron chi connectivity index (χ0n) is 51.3. The molecule has 4 aliphatic rings. The number of rotatable bonds is 34. The lowest BCUT2D eigenvalue weighted by Crippen LogP contribution is -2.63. The lowest BCUT2D eigenvalue weighted by molar-refractivity contribution is -0.335. The Hall–Kier alpha value is -5.27. The molecular weight excluding hydrogens is 1350 g/mol. The van der Waals surface area contributed by atoms with Crippen LogP contribution in [0.1, 0.15) is 50.4 Å². The van der Waals surface area contributed by atoms with Crippen molar-refractivity contribution in [3.05, 3.63) is 29.8 Å². The third-order valence-corrected chi connectivity index (χ3v) is 16.1. The molecule has 4 aliphatic heterocycles. The highest BCUT2D eigenvalue weighted by atomic mass is 31.2. The van der Waals surface area contributed by atoms with E-state index in [9.17, 15) is 104 Å². The van der Waals surface area contributed by atoms with Gasteiger partial charge in [0.1, 0.15) is 116 Å². The first-order chi connectivity index (χ1) is 44.8. The Morgan fingerprint density at radius 2 is 0.906 bits per heavy atom. The van der Waals surface area contributed by atoms with Crippen LogP contribution in [0.25, 0.3) is 0 Å². The van der Waals surface area contributed by atoms with Gasteiger partial charge < -0.3 is 162 Å². The molecule has 25 atom stereocenters. The van der Waals surface area contributed by atoms with Crippen molar-refractivity contribution in [1.82, 2.24) is 31.9 Å². The summed E-state index contributed by atoms with van der Waals surface area (Å²) in [5, 5.41) is 141. The van der Waals surface area contributed by atoms with Crippen LogP contribution in [0.4, 0.5) is 5.69 Å². The van der Waals surface area contributed by atoms with Gasteiger partial charge in [0.05, 0.1) is 57.3 Å². The van der Waals surface area contributed by atoms with E-state index in [2.05, 4.69) is 40.9 Å². The number of hydrogen-bond acceptors (Lipinski definition) is 32. The number of nitrogens with one attached hydrogen (secondary N) is 6. The van der Waals surface area contributed by atoms with Gasteiger partial charge in [-0.1, -0.05) is 12.1 Å². The molecule has 4 heterocycles. The number of unbranched alkanes of at least 4 members (excludes halogenated alkanes) is 1. The molecule has 5 rings (SSSR count). The van der Waals surface area contributed by atoms with Crippen LogP contribution in [0.15, 0.2) is 24.3 Å². The predicted octanol–water partition coefficient (Wildman–Crippen LogP) is -12.3. The molecule has 4 saturated heterocycles. The number of aliphatic hydroxyl groups excluding tert-OH is 12. The molecule has 0 unspecified atom stereocenters. The molecule has 0 bridgehead atoms. The molecule has 1 aromatic rings. The van der Waals surface area contributed by atoms with E-state index in [4.69, 9.17) is 68.9 Å². The van der Waals surface area contributed by atoms with E-state index in [0.29, 0.717) is 0 Å². The van der Waals surface area contributed by atoms with Crippen LogP contribution < -0.4 is 43.4 Å². The Morgan fingerprint density at radius 3 is 1.33 bits per heavy atom. The van der Waals surface area contributed by atoms with Crippen LogP contribution in [-0.4, -0.2) is 321 Å². The number of phosphoric ester groups is 2. The molecular formula is C51H84N8O35P2. The van der Waals surface area contributed by atoms with Gasteiger partial charge in [0, 0.05) is 19.2 Å². The number of benzene rings is 1. The lowest BCUT2D eigenvalue weighted by Gasteiger charge is -2.43. The fourth-order valence-electron chi connectivity index (χ4n) is 9.83. The highest BCUT2D eigenvalue weighted by Gasteiger charge is 2.51. The maximum Gasteiger partial charge on any atom is 0.469 e. The molecule has 45 heteroatoms. The number of carbonyl (C=O) groups is 7. The smallest absolute Gasteiger partial charge is 0.398 e. The van der Waals surface area contributed by atoms with Crippen molar-refractivity contribution in [1.29, 1.82) is 0 Å². The Labute approximate surface area is 544 Å². The van der Waals surface area contributed by atoms with Gasteiger partial charge in [0.2, 0.25) is 35.4 Å². The molecule has 7 amide bonds. The Bertz CT molecular complexity index is 2850. The first-order valence-corrected chi connectivity index (χ1v) is 32.4. The second-order valence-electron chi connectivity index (χ2n) is 22.5. The minimum absolute atomic E-state index is 0.0265. The van der Waals surface area contributed by atoms with Crippen LogP contribution in [0.3, 0.4) is 0 Å². The molecule has 0 saturated carbocycles. The number of carbonyl (C=O) groups excluding carboxylic acids is 7. The molecule has 26 N–H and O–H groups in total. The number of para-hydroxylation sites is 1. The third kappa shape index (κ3) is 23.7. The van der Waals surface area contributed by atoms with Gasteiger partial charge in [-0.05, 0) is 45.2 Å². The fourth-order valence-corrected chi connectivity index (χ4v) is 10.5. The largest absolute Gasteiger partial charge is 0.469 e. The number of ether oxygens (including phenoxy) is 8. The second-order valence-corrected chi connectivity index (χ2v) is 25.0. The van der Waals surface area contributed by atoms with E-state index in [1.807, 2.05) is 0 Å². The van der Waals surface area contributed by atoms with Gasteiger partial charge in [-0.25, -0.2) is 9.13 Å². The number of anilines is 1. The summed E-state index contributed by atoms with van der Waals surface area (Å²) in [6.07, 6.45) is -41.8. The summed E-state index contributed by atoms with van der Waals surface area (Å²) in [5.74, 6) is -7.01. The van der Waals surface area contributed by atoms with E-state index < -0.39 is 250 Å². The zero-order chi connectivity index (χ0) is 71.8. The van der Waals surface area contributed by atoms with Crippen LogP contribution in [-0.2, 0) is 84.8 Å². The summed E-state index contributed by atoms with van der Waals surface area (Å²) in [5.41, 5.74) is 11.8. The number of aliphatic hydroxyl groups is 12. The predicted molar refractivity (Wildman–Crippen MR) is 309 cm³/mol. The topological polar surface area (TPSA) is 694 Å². The van der Waals surface area contributed by atoms with Gasteiger partial charge in [0.25, 0.3) is 5.91 Å². The van der Waals surface area contributed by atoms with Gasteiger partial charge in [-0.3, -0.25) is 42.6 Å². The van der Waals surface area contributed by atoms with Crippen molar-refractivity contribution in [3.8, 4) is 0 Å². The summed E-state index contributed by atoms with van der Waals surface area (Å²) >= 11 is 0. The molecule has 96 heavy (non-hydrogen) atoms. The normalized spacial score (nSPS) is 32.7. The minimum Gasteiger partial charge on any atom is -0.398 e. The van der Waals surface area contributed by atoms with Crippen molar-refractivity contribution in [2.75, 3.05) is 51.8 Å². The molecule has 0 aromatic heterocycles. The fraction of sp³-hybridized carbons (Fsp3) is 0.745. The molecule has 4 fully saturated rings. The highest BCUT2D eigenvalue weighted by molar-refractivity contribution is 7.46. The number of nitrogen functional groups attached to an aromatic ring is 1. The van der Waals surface area contributed by atoms with Gasteiger partial charge in [-0.2, -0.15) is 0 Å². The molecule has 0 spiro atoms. The molecule has 0 radical (unpaired) electrons. The summed E-state index contributed by atoms with van der Waals surface area (Å²) in [4.78, 5) is 129. The number of nitrogens with two attached hydrogens (primary N) is 2. The first-order valence-electron chi connectivity index (χ1n) is 29.4. The van der Waals surface area contributed by atoms with Crippen LogP contribution in [0.2, 0.25) is 0 Å². The van der Waals surface area contributed by atoms with Gasteiger partial charge >= 0.3 is 15.6 Å². The second kappa shape index (κ2) is 36.7.